The summed E-state index contributed by atoms with van der Waals surface area (Å²) >= 11 is 0. The van der Waals surface area contributed by atoms with Crippen molar-refractivity contribution in [2.45, 2.75) is 19.3 Å². The quantitative estimate of drug-likeness (QED) is 0.599. The molecule has 0 aliphatic carbocycles. The van der Waals surface area contributed by atoms with Crippen molar-refractivity contribution >= 4 is 16.9 Å². The molecule has 5 nitrogen and oxygen atoms in total. The molecule has 2 rings (SSSR count). The molecule has 0 unspecified atom stereocenters. The standard InChI is InChI=1S/C15H20N2O3/c1-19-15(18)6-3-12-9-11-10-13(20-8-2-7-16)4-5-14(11)17-12/h4-5,9-10,17H,2-3,6-8,16H2,1H3. The van der Waals surface area contributed by atoms with Crippen LogP contribution in [0.3, 0.4) is 0 Å². The van der Waals surface area contributed by atoms with Gasteiger partial charge < -0.3 is 20.2 Å². The molecule has 0 fully saturated rings. The molecule has 0 bridgehead atoms. The van der Waals surface area contributed by atoms with Gasteiger partial charge in [-0.15, -0.1) is 0 Å². The van der Waals surface area contributed by atoms with Crippen LogP contribution in [0.4, 0.5) is 0 Å². The topological polar surface area (TPSA) is 77.3 Å². The Kier molecular flexibility index (Phi) is 5.01. The molecule has 0 aliphatic heterocycles. The number of hydrogen-bond acceptors (Lipinski definition) is 4. The lowest BCUT2D eigenvalue weighted by molar-refractivity contribution is -0.140. The minimum atomic E-state index is -0.200. The lowest BCUT2D eigenvalue weighted by Gasteiger charge is -2.04. The Hall–Kier alpha value is -2.01. The largest absolute Gasteiger partial charge is 0.494 e. The van der Waals surface area contributed by atoms with E-state index >= 15 is 0 Å². The van der Waals surface area contributed by atoms with E-state index in [2.05, 4.69) is 9.72 Å². The molecule has 1 aromatic heterocycles. The molecule has 5 heteroatoms. The number of carbonyl (C=O) groups excluding carboxylic acids is 1. The Labute approximate surface area is 118 Å². The summed E-state index contributed by atoms with van der Waals surface area (Å²) < 4.78 is 10.2. The van der Waals surface area contributed by atoms with Crippen LogP contribution in [0.25, 0.3) is 10.9 Å². The first-order valence-corrected chi connectivity index (χ1v) is 6.74. The minimum Gasteiger partial charge on any atom is -0.494 e. The van der Waals surface area contributed by atoms with Crippen LogP contribution in [0, 0.1) is 0 Å². The second-order valence-corrected chi connectivity index (χ2v) is 4.61. The van der Waals surface area contributed by atoms with E-state index in [1.54, 1.807) is 0 Å². The van der Waals surface area contributed by atoms with Gasteiger partial charge in [0.2, 0.25) is 0 Å². The molecule has 1 aromatic carbocycles. The van der Waals surface area contributed by atoms with Gasteiger partial charge in [-0.3, -0.25) is 4.79 Å². The predicted octanol–water partition coefficient (Wildman–Crippen LogP) is 2.00. The highest BCUT2D eigenvalue weighted by molar-refractivity contribution is 5.82. The number of nitrogens with one attached hydrogen (secondary N) is 1. The van der Waals surface area contributed by atoms with E-state index in [-0.39, 0.29) is 5.97 Å². The van der Waals surface area contributed by atoms with Crippen LogP contribution in [-0.4, -0.2) is 31.2 Å². The third-order valence-electron chi connectivity index (χ3n) is 3.09. The normalized spacial score (nSPS) is 10.7. The molecule has 0 atom stereocenters. The van der Waals surface area contributed by atoms with Crippen LogP contribution in [-0.2, 0) is 16.0 Å². The van der Waals surface area contributed by atoms with E-state index in [0.29, 0.717) is 26.0 Å². The fourth-order valence-electron chi connectivity index (χ4n) is 2.01. The average Bonchev–Trinajstić information content (AvgIpc) is 2.87. The van der Waals surface area contributed by atoms with E-state index in [4.69, 9.17) is 10.5 Å². The first kappa shape index (κ1) is 14.4. The molecule has 0 aliphatic rings. The number of H-pyrrole nitrogens is 1. The number of fused-ring (bicyclic) bond motifs is 1. The number of benzene rings is 1. The SMILES string of the molecule is COC(=O)CCc1cc2cc(OCCCN)ccc2[nH]1. The van der Waals surface area contributed by atoms with E-state index in [1.807, 2.05) is 24.3 Å². The van der Waals surface area contributed by atoms with E-state index in [0.717, 1.165) is 28.8 Å². The highest BCUT2D eigenvalue weighted by Crippen LogP contribution is 2.22. The zero-order valence-corrected chi connectivity index (χ0v) is 11.6. The Balaban J connectivity index is 2.03. The van der Waals surface area contributed by atoms with Crippen molar-refractivity contribution < 1.29 is 14.3 Å². The molecule has 0 saturated heterocycles. The molecule has 0 saturated carbocycles. The third kappa shape index (κ3) is 3.74. The molecule has 0 radical (unpaired) electrons. The predicted molar refractivity (Wildman–Crippen MR) is 77.8 cm³/mol. The van der Waals surface area contributed by atoms with Gasteiger partial charge in [-0.1, -0.05) is 0 Å². The van der Waals surface area contributed by atoms with Gasteiger partial charge in [0.25, 0.3) is 0 Å². The van der Waals surface area contributed by atoms with Gasteiger partial charge in [-0.2, -0.15) is 0 Å². The van der Waals surface area contributed by atoms with Crippen LogP contribution >= 0.6 is 0 Å². The number of carbonyl (C=O) groups is 1. The van der Waals surface area contributed by atoms with Gasteiger partial charge >= 0.3 is 5.97 Å². The first-order valence-electron chi connectivity index (χ1n) is 6.74. The van der Waals surface area contributed by atoms with Gasteiger partial charge in [0.05, 0.1) is 20.1 Å². The van der Waals surface area contributed by atoms with Crippen LogP contribution in [0.2, 0.25) is 0 Å². The Bertz CT molecular complexity index is 578. The number of methoxy groups -OCH3 is 1. The van der Waals surface area contributed by atoms with E-state index in [9.17, 15) is 4.79 Å². The summed E-state index contributed by atoms with van der Waals surface area (Å²) in [5.41, 5.74) is 7.49. The Morgan fingerprint density at radius 3 is 2.95 bits per heavy atom. The van der Waals surface area contributed by atoms with Gasteiger partial charge in [0.1, 0.15) is 5.75 Å². The summed E-state index contributed by atoms with van der Waals surface area (Å²) in [5, 5.41) is 1.08. The van der Waals surface area contributed by atoms with E-state index < -0.39 is 0 Å². The summed E-state index contributed by atoms with van der Waals surface area (Å²) in [6, 6.07) is 7.94. The summed E-state index contributed by atoms with van der Waals surface area (Å²) in [4.78, 5) is 14.4. The number of rotatable bonds is 7. The zero-order valence-electron chi connectivity index (χ0n) is 11.6. The zero-order chi connectivity index (χ0) is 14.4. The third-order valence-corrected chi connectivity index (χ3v) is 3.09. The fraction of sp³-hybridized carbons (Fsp3) is 0.400. The summed E-state index contributed by atoms with van der Waals surface area (Å²) in [7, 11) is 1.40. The molecule has 1 heterocycles. The van der Waals surface area contributed by atoms with Crippen LogP contribution in [0.15, 0.2) is 24.3 Å². The maximum atomic E-state index is 11.1. The monoisotopic (exact) mass is 276 g/mol. The molecule has 3 N–H and O–H groups in total. The van der Waals surface area contributed by atoms with Gasteiger partial charge in [0.15, 0.2) is 0 Å². The summed E-state index contributed by atoms with van der Waals surface area (Å²) in [5.74, 6) is 0.638. The van der Waals surface area contributed by atoms with Crippen LogP contribution in [0.1, 0.15) is 18.5 Å². The lowest BCUT2D eigenvalue weighted by atomic mass is 10.2. The van der Waals surface area contributed by atoms with Gasteiger partial charge in [-0.05, 0) is 43.7 Å². The van der Waals surface area contributed by atoms with Gasteiger partial charge in [0, 0.05) is 16.6 Å². The van der Waals surface area contributed by atoms with Crippen LogP contribution < -0.4 is 10.5 Å². The number of esters is 1. The molecule has 108 valence electrons. The van der Waals surface area contributed by atoms with Crippen molar-refractivity contribution in [1.29, 1.82) is 0 Å². The number of ether oxygens (including phenoxy) is 2. The van der Waals surface area contributed by atoms with Crippen molar-refractivity contribution in [3.63, 3.8) is 0 Å². The van der Waals surface area contributed by atoms with Crippen molar-refractivity contribution in [3.8, 4) is 5.75 Å². The smallest absolute Gasteiger partial charge is 0.305 e. The van der Waals surface area contributed by atoms with Crippen molar-refractivity contribution in [2.75, 3.05) is 20.3 Å². The number of aryl methyl sites for hydroxylation is 1. The first-order chi connectivity index (χ1) is 9.72. The number of nitrogens with two attached hydrogens (primary N) is 1. The van der Waals surface area contributed by atoms with Crippen molar-refractivity contribution in [2.24, 2.45) is 5.73 Å². The second-order valence-electron chi connectivity index (χ2n) is 4.61. The highest BCUT2D eigenvalue weighted by Gasteiger charge is 2.06. The highest BCUT2D eigenvalue weighted by atomic mass is 16.5. The Morgan fingerprint density at radius 2 is 2.20 bits per heavy atom. The number of hydrogen-bond donors (Lipinski definition) is 2. The van der Waals surface area contributed by atoms with Crippen LogP contribution in [0.5, 0.6) is 5.75 Å². The molecule has 2 aromatic rings. The average molecular weight is 276 g/mol. The fourth-order valence-corrected chi connectivity index (χ4v) is 2.01. The van der Waals surface area contributed by atoms with Crippen molar-refractivity contribution in [3.05, 3.63) is 30.0 Å². The molecular weight excluding hydrogens is 256 g/mol. The Morgan fingerprint density at radius 1 is 1.35 bits per heavy atom. The molecule has 0 amide bonds. The number of aromatic nitrogens is 1. The molecule has 0 spiro atoms. The minimum absolute atomic E-state index is 0.200. The summed E-state index contributed by atoms with van der Waals surface area (Å²) in [6.45, 7) is 1.26. The maximum Gasteiger partial charge on any atom is 0.305 e. The molecule has 20 heavy (non-hydrogen) atoms. The van der Waals surface area contributed by atoms with Crippen molar-refractivity contribution in [1.82, 2.24) is 4.98 Å². The second kappa shape index (κ2) is 6.96. The summed E-state index contributed by atoms with van der Waals surface area (Å²) in [6.07, 6.45) is 1.86. The number of aromatic amines is 1. The lowest BCUT2D eigenvalue weighted by Crippen LogP contribution is -2.05. The molecular formula is C15H20N2O3. The van der Waals surface area contributed by atoms with E-state index in [1.165, 1.54) is 7.11 Å². The maximum absolute atomic E-state index is 11.1. The van der Waals surface area contributed by atoms with Gasteiger partial charge in [-0.25, -0.2) is 0 Å².